The van der Waals surface area contributed by atoms with Crippen molar-refractivity contribution >= 4 is 19.7 Å². The van der Waals surface area contributed by atoms with Crippen molar-refractivity contribution in [1.82, 2.24) is 0 Å². The smallest absolute Gasteiger partial charge is 0.207 e. The van der Waals surface area contributed by atoms with Gasteiger partial charge in [0.05, 0.1) is 0 Å². The average Bonchev–Trinajstić information content (AvgIpc) is 2.14. The van der Waals surface area contributed by atoms with Gasteiger partial charge in [0.2, 0.25) is 0 Å². The van der Waals surface area contributed by atoms with E-state index in [0.29, 0.717) is 0 Å². The highest BCUT2D eigenvalue weighted by atomic mass is 35.7. The maximum Gasteiger partial charge on any atom is 0.267 e. The number of halogens is 5. The van der Waals surface area contributed by atoms with Gasteiger partial charge in [-0.05, 0) is 0 Å². The van der Waals surface area contributed by atoms with E-state index in [-0.39, 0.29) is 0 Å². The number of rotatable bonds is 1. The summed E-state index contributed by atoms with van der Waals surface area (Å²) in [7, 11) is -0.417. The summed E-state index contributed by atoms with van der Waals surface area (Å²) in [5.74, 6) is -8.68. The molecule has 0 amide bonds. The average molecular weight is 274 g/mol. The molecule has 86 valence electrons. The van der Waals surface area contributed by atoms with E-state index in [1.165, 1.54) is 0 Å². The second-order valence-corrected chi connectivity index (χ2v) is 5.01. The van der Waals surface area contributed by atoms with Crippen molar-refractivity contribution in [2.75, 3.05) is 0 Å². The molecule has 0 saturated heterocycles. The van der Waals surface area contributed by atoms with Gasteiger partial charge < -0.3 is 0 Å². The van der Waals surface area contributed by atoms with Gasteiger partial charge in [-0.15, -0.1) is 0 Å². The Labute approximate surface area is 91.3 Å². The molecule has 0 fully saturated rings. The number of benzene rings is 1. The molecule has 0 radical (unpaired) electrons. The first-order chi connectivity index (χ1) is 7.21. The van der Waals surface area contributed by atoms with E-state index in [1.54, 1.807) is 0 Å². The van der Waals surface area contributed by atoms with Crippen LogP contribution in [0.2, 0.25) is 0 Å². The predicted molar refractivity (Wildman–Crippen MR) is 44.0 cm³/mol. The lowest BCUT2D eigenvalue weighted by atomic mass is 10.2. The Hall–Kier alpha value is -1.33. The van der Waals surface area contributed by atoms with Gasteiger partial charge in [0, 0.05) is 10.7 Å². The fraction of sp³-hybridized carbons (Fsp3) is 0. The zero-order valence-corrected chi connectivity index (χ0v) is 8.63. The Morgan fingerprint density at radius 2 is 1.38 bits per heavy atom. The Morgan fingerprint density at radius 3 is 1.62 bits per heavy atom. The minimum absolute atomic E-state index is 0.856. The fourth-order valence-electron chi connectivity index (χ4n) is 0.924. The summed E-state index contributed by atoms with van der Waals surface area (Å²) < 4.78 is 73.1. The number of hydrogen-bond donors (Lipinski definition) is 0. The van der Waals surface area contributed by atoms with Gasteiger partial charge >= 0.3 is 0 Å². The number of nitriles is 1. The van der Waals surface area contributed by atoms with Gasteiger partial charge in [0.15, 0.2) is 28.2 Å². The highest BCUT2D eigenvalue weighted by Gasteiger charge is 2.31. The van der Waals surface area contributed by atoms with Crippen LogP contribution in [0.4, 0.5) is 17.6 Å². The lowest BCUT2D eigenvalue weighted by Gasteiger charge is -2.04. The molecule has 0 bridgehead atoms. The summed E-state index contributed by atoms with van der Waals surface area (Å²) in [4.78, 5) is -1.96. The van der Waals surface area contributed by atoms with E-state index in [9.17, 15) is 26.0 Å². The van der Waals surface area contributed by atoms with Crippen LogP contribution in [0.25, 0.3) is 0 Å². The second kappa shape index (κ2) is 3.92. The molecule has 1 aromatic rings. The molecule has 0 heterocycles. The molecule has 9 heteroatoms. The van der Waals surface area contributed by atoms with Gasteiger partial charge in [0.25, 0.3) is 9.05 Å². The topological polar surface area (TPSA) is 57.9 Å². The van der Waals surface area contributed by atoms with Crippen LogP contribution >= 0.6 is 10.7 Å². The maximum absolute atomic E-state index is 13.0. The summed E-state index contributed by atoms with van der Waals surface area (Å²) >= 11 is 0. The third kappa shape index (κ3) is 1.83. The molecule has 16 heavy (non-hydrogen) atoms. The lowest BCUT2D eigenvalue weighted by Crippen LogP contribution is -2.08. The van der Waals surface area contributed by atoms with E-state index in [1.807, 2.05) is 0 Å². The van der Waals surface area contributed by atoms with E-state index < -0.39 is 42.8 Å². The lowest BCUT2D eigenvalue weighted by molar-refractivity contribution is 0.417. The van der Waals surface area contributed by atoms with Gasteiger partial charge in [0.1, 0.15) is 11.6 Å². The van der Waals surface area contributed by atoms with Crippen molar-refractivity contribution in [1.29, 1.82) is 5.26 Å². The Bertz CT molecular complexity index is 579. The summed E-state index contributed by atoms with van der Waals surface area (Å²) in [5, 5.41) is 8.20. The standard InChI is InChI=1S/C7ClF4NO2S/c8-16(14,15)7-5(11)3(9)2(1-13)4(10)6(7)12. The van der Waals surface area contributed by atoms with Crippen LogP contribution in [0.1, 0.15) is 5.56 Å². The highest BCUT2D eigenvalue weighted by Crippen LogP contribution is 2.29. The molecule has 0 N–H and O–H groups in total. The Morgan fingerprint density at radius 1 is 1.00 bits per heavy atom. The van der Waals surface area contributed by atoms with Crippen molar-refractivity contribution < 1.29 is 26.0 Å². The molecule has 3 nitrogen and oxygen atoms in total. The van der Waals surface area contributed by atoms with Crippen LogP contribution in [0.15, 0.2) is 4.90 Å². The first kappa shape index (κ1) is 12.7. The van der Waals surface area contributed by atoms with Crippen molar-refractivity contribution in [2.45, 2.75) is 4.90 Å². The summed E-state index contributed by atoms with van der Waals surface area (Å²) in [6.07, 6.45) is 0. The largest absolute Gasteiger partial charge is 0.267 e. The number of hydrogen-bond acceptors (Lipinski definition) is 3. The first-order valence-electron chi connectivity index (χ1n) is 3.42. The molecule has 1 aromatic carbocycles. The first-order valence-corrected chi connectivity index (χ1v) is 5.73. The summed E-state index contributed by atoms with van der Waals surface area (Å²) in [5.41, 5.74) is -1.56. The minimum Gasteiger partial charge on any atom is -0.207 e. The maximum atomic E-state index is 13.0. The number of nitrogens with zero attached hydrogens (tertiary/aromatic N) is 1. The second-order valence-electron chi connectivity index (χ2n) is 2.51. The quantitative estimate of drug-likeness (QED) is 0.447. The van der Waals surface area contributed by atoms with E-state index in [4.69, 9.17) is 5.26 Å². The van der Waals surface area contributed by atoms with Crippen molar-refractivity contribution in [3.8, 4) is 6.07 Å². The van der Waals surface area contributed by atoms with Crippen LogP contribution in [-0.2, 0) is 9.05 Å². The molecule has 0 atom stereocenters. The van der Waals surface area contributed by atoms with Crippen molar-refractivity contribution in [3.05, 3.63) is 28.8 Å². The normalized spacial score (nSPS) is 11.2. The molecule has 0 aromatic heterocycles. The minimum atomic E-state index is -5.00. The molecule has 0 aliphatic rings. The SMILES string of the molecule is N#Cc1c(F)c(F)c(S(=O)(=O)Cl)c(F)c1F. The molecular weight excluding hydrogens is 274 g/mol. The van der Waals surface area contributed by atoms with E-state index in [0.717, 1.165) is 6.07 Å². The van der Waals surface area contributed by atoms with Crippen LogP contribution in [0.3, 0.4) is 0 Å². The van der Waals surface area contributed by atoms with E-state index in [2.05, 4.69) is 10.7 Å². The molecule has 0 spiro atoms. The molecular formula is C7ClF4NO2S. The Balaban J connectivity index is 3.91. The van der Waals surface area contributed by atoms with E-state index >= 15 is 0 Å². The summed E-state index contributed by atoms with van der Waals surface area (Å²) in [6, 6.07) is 0.856. The van der Waals surface area contributed by atoms with Crippen molar-refractivity contribution in [3.63, 3.8) is 0 Å². The highest BCUT2D eigenvalue weighted by molar-refractivity contribution is 8.13. The fourth-order valence-corrected chi connectivity index (χ4v) is 1.94. The van der Waals surface area contributed by atoms with Crippen LogP contribution in [-0.4, -0.2) is 8.42 Å². The Kier molecular flexibility index (Phi) is 3.12. The third-order valence-corrected chi connectivity index (χ3v) is 2.89. The molecule has 0 aliphatic heterocycles. The molecule has 1 rings (SSSR count). The third-order valence-electron chi connectivity index (χ3n) is 1.58. The van der Waals surface area contributed by atoms with Crippen LogP contribution < -0.4 is 0 Å². The summed E-state index contributed by atoms with van der Waals surface area (Å²) in [6.45, 7) is 0. The van der Waals surface area contributed by atoms with Crippen LogP contribution in [0, 0.1) is 34.6 Å². The van der Waals surface area contributed by atoms with Gasteiger partial charge in [-0.25, -0.2) is 26.0 Å². The van der Waals surface area contributed by atoms with Crippen molar-refractivity contribution in [2.24, 2.45) is 0 Å². The molecule has 0 saturated carbocycles. The molecule has 0 aliphatic carbocycles. The zero-order chi connectivity index (χ0) is 12.7. The van der Waals surface area contributed by atoms with Gasteiger partial charge in [-0.2, -0.15) is 5.26 Å². The zero-order valence-electron chi connectivity index (χ0n) is 7.06. The van der Waals surface area contributed by atoms with Gasteiger partial charge in [-0.3, -0.25) is 0 Å². The van der Waals surface area contributed by atoms with Gasteiger partial charge in [-0.1, -0.05) is 0 Å². The van der Waals surface area contributed by atoms with Crippen LogP contribution in [0.5, 0.6) is 0 Å². The molecule has 0 unspecified atom stereocenters. The predicted octanol–water partition coefficient (Wildman–Crippen LogP) is 2.04. The monoisotopic (exact) mass is 273 g/mol.